The molecule has 0 radical (unpaired) electrons. The van der Waals surface area contributed by atoms with Gasteiger partial charge in [0.05, 0.1) is 11.1 Å². The number of carbonyl (C=O) groups is 2. The molecule has 2 aromatic heterocycles. The maximum Gasteiger partial charge on any atom is 0.287 e. The Hall–Kier alpha value is -3.20. The van der Waals surface area contributed by atoms with Crippen LogP contribution in [-0.4, -0.2) is 28.4 Å². The molecule has 0 fully saturated rings. The SMILES string of the molecule is O=C1COc2ccc(CNC(=O)c3nc4sc5c(c4c(=O)[nH]3)CCCC5)cc2N1. The number of hydrogen-bond acceptors (Lipinski definition) is 6. The van der Waals surface area contributed by atoms with Crippen LogP contribution >= 0.6 is 11.3 Å². The lowest BCUT2D eigenvalue weighted by Crippen LogP contribution is -2.28. The minimum Gasteiger partial charge on any atom is -0.482 e. The Morgan fingerprint density at radius 3 is 3.00 bits per heavy atom. The Morgan fingerprint density at radius 2 is 2.10 bits per heavy atom. The van der Waals surface area contributed by atoms with E-state index in [0.717, 1.165) is 36.8 Å². The van der Waals surface area contributed by atoms with Gasteiger partial charge in [0, 0.05) is 11.4 Å². The van der Waals surface area contributed by atoms with E-state index in [9.17, 15) is 14.4 Å². The van der Waals surface area contributed by atoms with Gasteiger partial charge in [-0.2, -0.15) is 0 Å². The summed E-state index contributed by atoms with van der Waals surface area (Å²) in [6.07, 6.45) is 4.06. The molecule has 29 heavy (non-hydrogen) atoms. The van der Waals surface area contributed by atoms with Gasteiger partial charge in [0.15, 0.2) is 6.61 Å². The molecule has 1 aromatic carbocycles. The second kappa shape index (κ2) is 7.00. The van der Waals surface area contributed by atoms with Gasteiger partial charge in [-0.3, -0.25) is 14.4 Å². The van der Waals surface area contributed by atoms with Crippen molar-refractivity contribution in [2.24, 2.45) is 0 Å². The minimum absolute atomic E-state index is 0.00323. The lowest BCUT2D eigenvalue weighted by atomic mass is 9.97. The smallest absolute Gasteiger partial charge is 0.287 e. The van der Waals surface area contributed by atoms with Crippen LogP contribution in [0.15, 0.2) is 23.0 Å². The minimum atomic E-state index is -0.451. The molecular weight excluding hydrogens is 392 g/mol. The normalized spacial score (nSPS) is 15.2. The van der Waals surface area contributed by atoms with Crippen molar-refractivity contribution in [3.8, 4) is 5.75 Å². The first-order valence-corrected chi connectivity index (χ1v) is 10.3. The molecule has 3 N–H and O–H groups in total. The van der Waals surface area contributed by atoms with Crippen molar-refractivity contribution < 1.29 is 14.3 Å². The zero-order valence-electron chi connectivity index (χ0n) is 15.5. The van der Waals surface area contributed by atoms with Crippen LogP contribution in [0.1, 0.15) is 39.5 Å². The van der Waals surface area contributed by atoms with Crippen molar-refractivity contribution in [3.05, 3.63) is 50.4 Å². The number of hydrogen-bond donors (Lipinski definition) is 3. The second-order valence-corrected chi connectivity index (χ2v) is 8.24. The lowest BCUT2D eigenvalue weighted by molar-refractivity contribution is -0.118. The van der Waals surface area contributed by atoms with Gasteiger partial charge in [-0.1, -0.05) is 6.07 Å². The standard InChI is InChI=1S/C20H18N4O4S/c25-15-9-28-13-6-5-10(7-12(13)22-15)8-21-19(27)17-23-18(26)16-11-3-1-2-4-14(11)29-20(16)24-17/h5-7H,1-4,8-9H2,(H,21,27)(H,22,25)(H,23,24,26). The number of nitrogens with zero attached hydrogens (tertiary/aromatic N) is 1. The number of amides is 2. The molecule has 0 saturated carbocycles. The molecule has 148 valence electrons. The molecule has 0 atom stereocenters. The maximum absolute atomic E-state index is 12.6. The fourth-order valence-corrected chi connectivity index (χ4v) is 5.04. The number of aryl methyl sites for hydroxylation is 2. The predicted molar refractivity (Wildman–Crippen MR) is 109 cm³/mol. The van der Waals surface area contributed by atoms with Crippen LogP contribution in [0.25, 0.3) is 10.2 Å². The highest BCUT2D eigenvalue weighted by atomic mass is 32.1. The van der Waals surface area contributed by atoms with Crippen molar-refractivity contribution in [1.29, 1.82) is 0 Å². The molecule has 1 aliphatic heterocycles. The van der Waals surface area contributed by atoms with Crippen molar-refractivity contribution in [2.75, 3.05) is 11.9 Å². The van der Waals surface area contributed by atoms with Crippen LogP contribution < -0.4 is 20.9 Å². The summed E-state index contributed by atoms with van der Waals surface area (Å²) in [4.78, 5) is 45.5. The molecule has 2 amide bonds. The first-order valence-electron chi connectivity index (χ1n) is 9.47. The quantitative estimate of drug-likeness (QED) is 0.612. The van der Waals surface area contributed by atoms with E-state index >= 15 is 0 Å². The summed E-state index contributed by atoms with van der Waals surface area (Å²) in [7, 11) is 0. The average Bonchev–Trinajstić information content (AvgIpc) is 3.10. The number of aromatic nitrogens is 2. The highest BCUT2D eigenvalue weighted by Crippen LogP contribution is 2.33. The largest absolute Gasteiger partial charge is 0.482 e. The van der Waals surface area contributed by atoms with Gasteiger partial charge in [-0.25, -0.2) is 4.98 Å². The first kappa shape index (κ1) is 17.9. The van der Waals surface area contributed by atoms with E-state index < -0.39 is 5.91 Å². The van der Waals surface area contributed by atoms with E-state index in [1.165, 1.54) is 16.2 Å². The number of aromatic amines is 1. The highest BCUT2D eigenvalue weighted by Gasteiger charge is 2.21. The molecule has 2 aliphatic rings. The number of carbonyl (C=O) groups excluding carboxylic acids is 2. The zero-order valence-corrected chi connectivity index (χ0v) is 16.3. The van der Waals surface area contributed by atoms with Gasteiger partial charge in [-0.15, -0.1) is 11.3 Å². The summed E-state index contributed by atoms with van der Waals surface area (Å²) in [6.45, 7) is 0.224. The van der Waals surface area contributed by atoms with Crippen LogP contribution in [0, 0.1) is 0 Å². The number of benzene rings is 1. The van der Waals surface area contributed by atoms with Crippen LogP contribution in [0.2, 0.25) is 0 Å². The maximum atomic E-state index is 12.6. The summed E-state index contributed by atoms with van der Waals surface area (Å²) >= 11 is 1.51. The van der Waals surface area contributed by atoms with E-state index in [2.05, 4.69) is 20.6 Å². The summed E-state index contributed by atoms with van der Waals surface area (Å²) in [5.41, 5.74) is 2.20. The van der Waals surface area contributed by atoms with Gasteiger partial charge in [0.1, 0.15) is 10.6 Å². The Bertz CT molecular complexity index is 1210. The van der Waals surface area contributed by atoms with Crippen molar-refractivity contribution in [2.45, 2.75) is 32.2 Å². The molecule has 8 nitrogen and oxygen atoms in total. The summed E-state index contributed by atoms with van der Waals surface area (Å²) in [6, 6.07) is 5.31. The van der Waals surface area contributed by atoms with Gasteiger partial charge < -0.3 is 20.4 Å². The third-order valence-corrected chi connectivity index (χ3v) is 6.36. The zero-order chi connectivity index (χ0) is 20.0. The monoisotopic (exact) mass is 410 g/mol. The van der Waals surface area contributed by atoms with E-state index in [4.69, 9.17) is 4.74 Å². The number of thiophene rings is 1. The third kappa shape index (κ3) is 3.27. The Morgan fingerprint density at radius 1 is 1.24 bits per heavy atom. The fraction of sp³-hybridized carbons (Fsp3) is 0.300. The number of rotatable bonds is 3. The van der Waals surface area contributed by atoms with E-state index in [0.29, 0.717) is 21.7 Å². The average molecular weight is 410 g/mol. The molecular formula is C20H18N4O4S. The lowest BCUT2D eigenvalue weighted by Gasteiger charge is -2.18. The number of anilines is 1. The van der Waals surface area contributed by atoms with E-state index in [1.54, 1.807) is 12.1 Å². The molecule has 0 saturated heterocycles. The Balaban J connectivity index is 1.36. The molecule has 1 aliphatic carbocycles. The summed E-state index contributed by atoms with van der Waals surface area (Å²) in [5.74, 6) is -0.0609. The van der Waals surface area contributed by atoms with Gasteiger partial charge in [0.2, 0.25) is 5.82 Å². The first-order chi connectivity index (χ1) is 14.1. The highest BCUT2D eigenvalue weighted by molar-refractivity contribution is 7.18. The fourth-order valence-electron chi connectivity index (χ4n) is 3.78. The van der Waals surface area contributed by atoms with Crippen molar-refractivity contribution in [1.82, 2.24) is 15.3 Å². The number of nitrogens with one attached hydrogen (secondary N) is 3. The molecule has 0 spiro atoms. The molecule has 0 unspecified atom stereocenters. The van der Waals surface area contributed by atoms with E-state index in [1.807, 2.05) is 6.07 Å². The van der Waals surface area contributed by atoms with Crippen LogP contribution in [0.3, 0.4) is 0 Å². The van der Waals surface area contributed by atoms with Crippen LogP contribution in [-0.2, 0) is 24.2 Å². The predicted octanol–water partition coefficient (Wildman–Crippen LogP) is 2.12. The number of fused-ring (bicyclic) bond motifs is 4. The van der Waals surface area contributed by atoms with Gasteiger partial charge in [-0.05, 0) is 48.9 Å². The van der Waals surface area contributed by atoms with Crippen LogP contribution in [0.4, 0.5) is 5.69 Å². The van der Waals surface area contributed by atoms with Gasteiger partial charge >= 0.3 is 0 Å². The van der Waals surface area contributed by atoms with Crippen molar-refractivity contribution >= 4 is 39.1 Å². The molecule has 5 rings (SSSR count). The molecule has 0 bridgehead atoms. The second-order valence-electron chi connectivity index (χ2n) is 7.16. The summed E-state index contributed by atoms with van der Waals surface area (Å²) in [5, 5.41) is 6.13. The third-order valence-electron chi connectivity index (χ3n) is 5.17. The number of ether oxygens (including phenoxy) is 1. The summed E-state index contributed by atoms with van der Waals surface area (Å²) < 4.78 is 5.33. The van der Waals surface area contributed by atoms with Gasteiger partial charge in [0.25, 0.3) is 17.4 Å². The van der Waals surface area contributed by atoms with E-state index in [-0.39, 0.29) is 30.4 Å². The number of H-pyrrole nitrogens is 1. The Labute approximate surface area is 169 Å². The molecule has 9 heteroatoms. The Kier molecular flexibility index (Phi) is 4.31. The molecule has 3 heterocycles. The van der Waals surface area contributed by atoms with Crippen LogP contribution in [0.5, 0.6) is 5.75 Å². The topological polar surface area (TPSA) is 113 Å². The van der Waals surface area contributed by atoms with Crippen molar-refractivity contribution in [3.63, 3.8) is 0 Å². The molecule has 3 aromatic rings.